The van der Waals surface area contributed by atoms with Crippen molar-refractivity contribution in [2.45, 2.75) is 158 Å². The van der Waals surface area contributed by atoms with Gasteiger partial charge in [-0.15, -0.1) is 22.7 Å². The van der Waals surface area contributed by atoms with E-state index in [1.165, 1.54) is 39.6 Å². The maximum atomic E-state index is 13.9. The molecule has 0 unspecified atom stereocenters. The number of carboxylic acid groups (broad SMARTS) is 1. The average molecular weight is 1180 g/mol. The molecule has 4 amide bonds. The summed E-state index contributed by atoms with van der Waals surface area (Å²) in [6.07, 6.45) is -2.42. The van der Waals surface area contributed by atoms with Gasteiger partial charge in [0, 0.05) is 12.8 Å². The van der Waals surface area contributed by atoms with Crippen LogP contribution < -0.4 is 39.0 Å². The van der Waals surface area contributed by atoms with E-state index in [2.05, 4.69) is 15.6 Å². The monoisotopic (exact) mass is 1180 g/mol. The van der Waals surface area contributed by atoms with Crippen molar-refractivity contribution >= 4 is 80.7 Å². The second kappa shape index (κ2) is 28.6. The molecule has 4 aromatic heterocycles. The first kappa shape index (κ1) is 70.4. The number of carbonyl (C=O) groups is 6. The quantitative estimate of drug-likeness (QED) is 0.0602. The fourth-order valence-corrected chi connectivity index (χ4v) is 10.3. The number of hydrogen-bond donors (Lipinski definition) is 3. The Hall–Kier alpha value is -6.90. The first-order valence-corrected chi connectivity index (χ1v) is 27.6. The average Bonchev–Trinajstić information content (AvgIpc) is 4.37. The number of ether oxygens (including phenoxy) is 5. The summed E-state index contributed by atoms with van der Waals surface area (Å²) in [6.45, 7) is 21.4. The van der Waals surface area contributed by atoms with Crippen LogP contribution in [0.15, 0.2) is 83.6 Å². The number of para-hydroxylation sites is 4. The first-order chi connectivity index (χ1) is 37.0. The fraction of sp³-hybridized carbons (Fsp3) is 0.492. The molecule has 0 bridgehead atoms. The molecule has 8 rings (SSSR count). The Morgan fingerprint density at radius 1 is 0.566 bits per heavy atom. The molecule has 2 aromatic carbocycles. The molecule has 0 saturated carbocycles. The molecule has 21 nitrogen and oxygen atoms in total. The first-order valence-electron chi connectivity index (χ1n) is 25.8. The number of hydrogen-bond acceptors (Lipinski definition) is 18. The van der Waals surface area contributed by atoms with Gasteiger partial charge in [0.1, 0.15) is 59.0 Å². The van der Waals surface area contributed by atoms with Crippen molar-refractivity contribution in [2.24, 2.45) is 10.8 Å². The number of thiophene rings is 2. The molecular formula is C59H79LiN8O13S2. The summed E-state index contributed by atoms with van der Waals surface area (Å²) in [7, 11) is 1.28. The van der Waals surface area contributed by atoms with Crippen LogP contribution >= 0.6 is 22.7 Å². The smallest absolute Gasteiger partial charge is 0.870 e. The van der Waals surface area contributed by atoms with Gasteiger partial charge in [0.15, 0.2) is 0 Å². The number of benzene rings is 2. The summed E-state index contributed by atoms with van der Waals surface area (Å²) >= 11 is 3.00. The maximum absolute atomic E-state index is 13.9. The van der Waals surface area contributed by atoms with E-state index in [1.807, 2.05) is 104 Å². The number of carbonyl (C=O) groups excluding carboxylic acids is 5. The number of carboxylic acids is 1. The second-order valence-corrected chi connectivity index (χ2v) is 25.3. The molecule has 446 valence electrons. The number of likely N-dealkylation sites (tertiary alicyclic amines) is 2. The Bertz CT molecular complexity index is 3170. The summed E-state index contributed by atoms with van der Waals surface area (Å²) in [6, 6.07) is 18.6. The topological polar surface area (TPSA) is 281 Å². The normalized spacial score (nSPS) is 17.6. The predicted molar refractivity (Wildman–Crippen MR) is 315 cm³/mol. The molecule has 2 aliphatic heterocycles. The Labute approximate surface area is 506 Å². The van der Waals surface area contributed by atoms with Crippen LogP contribution in [0.3, 0.4) is 0 Å². The molecule has 6 atom stereocenters. The molecular weight excluding hydrogens is 1100 g/mol. The third-order valence-corrected chi connectivity index (χ3v) is 14.3. The van der Waals surface area contributed by atoms with Crippen LogP contribution in [0.4, 0.5) is 9.59 Å². The van der Waals surface area contributed by atoms with E-state index >= 15 is 0 Å². The van der Waals surface area contributed by atoms with Crippen LogP contribution in [0.5, 0.6) is 11.8 Å². The summed E-state index contributed by atoms with van der Waals surface area (Å²) in [5.41, 5.74) is 1.01. The predicted octanol–water partition coefficient (Wildman–Crippen LogP) is 7.65. The summed E-state index contributed by atoms with van der Waals surface area (Å²) < 4.78 is 28.5. The SMILES string of the molecule is C.C.CC(C)(C)OC(=O)N[C@H](C(=O)N1C[C@H](Oc2nc3ccccc3nc2-c2cccs2)C[C@H]1C(=O)O)C(C)(C)C.COC(=O)[C@@H]1C[C@@H](Oc2nc3ccccc3nc2-c2cccs2)CN1C(=O)[C@@H](NC(=O)OC(C)(C)C)C(C)(C)C.[Li+].[OH-]. The van der Waals surface area contributed by atoms with Crippen LogP contribution in [-0.4, -0.2) is 144 Å². The number of nitrogens with zero attached hydrogens (tertiary/aromatic N) is 6. The Morgan fingerprint density at radius 3 is 1.23 bits per heavy atom. The third-order valence-electron chi connectivity index (χ3n) is 12.5. The van der Waals surface area contributed by atoms with Gasteiger partial charge in [0.25, 0.3) is 0 Å². The number of nitrogens with one attached hydrogen (secondary N) is 2. The minimum Gasteiger partial charge on any atom is -0.870 e. The van der Waals surface area contributed by atoms with Gasteiger partial charge in [-0.1, -0.05) is 92.8 Å². The molecule has 83 heavy (non-hydrogen) atoms. The maximum Gasteiger partial charge on any atom is 1.00 e. The number of rotatable bonds is 12. The molecule has 0 radical (unpaired) electrons. The zero-order valence-electron chi connectivity index (χ0n) is 48.3. The van der Waals surface area contributed by atoms with E-state index in [0.717, 1.165) is 15.3 Å². The molecule has 6 aromatic rings. The van der Waals surface area contributed by atoms with Crippen molar-refractivity contribution in [1.29, 1.82) is 0 Å². The number of alkyl carbamates (subject to hydrolysis) is 2. The van der Waals surface area contributed by atoms with Gasteiger partial charge in [0.05, 0.1) is 52.0 Å². The van der Waals surface area contributed by atoms with E-state index in [0.29, 0.717) is 33.8 Å². The molecule has 4 N–H and O–H groups in total. The van der Waals surface area contributed by atoms with Crippen LogP contribution in [0, 0.1) is 10.8 Å². The summed E-state index contributed by atoms with van der Waals surface area (Å²) in [5.74, 6) is -2.06. The molecule has 2 aliphatic rings. The van der Waals surface area contributed by atoms with Crippen molar-refractivity contribution < 1.29 is 81.9 Å². The van der Waals surface area contributed by atoms with E-state index in [-0.39, 0.29) is 71.0 Å². The molecule has 0 spiro atoms. The van der Waals surface area contributed by atoms with Crippen LogP contribution in [0.2, 0.25) is 0 Å². The third kappa shape index (κ3) is 18.1. The van der Waals surface area contributed by atoms with Gasteiger partial charge in [0.2, 0.25) is 23.6 Å². The van der Waals surface area contributed by atoms with Crippen molar-refractivity contribution in [3.63, 3.8) is 0 Å². The molecule has 6 heterocycles. The minimum atomic E-state index is -1.15. The summed E-state index contributed by atoms with van der Waals surface area (Å²) in [5, 5.41) is 19.2. The van der Waals surface area contributed by atoms with Crippen LogP contribution in [-0.2, 0) is 33.4 Å². The Morgan fingerprint density at radius 2 is 0.916 bits per heavy atom. The zero-order valence-corrected chi connectivity index (χ0v) is 49.9. The van der Waals surface area contributed by atoms with Crippen molar-refractivity contribution in [2.75, 3.05) is 20.2 Å². The minimum absolute atomic E-state index is 0. The largest absolute Gasteiger partial charge is 1.00 e. The van der Waals surface area contributed by atoms with Gasteiger partial charge in [-0.3, -0.25) is 9.59 Å². The van der Waals surface area contributed by atoms with Crippen molar-refractivity contribution in [3.8, 4) is 32.9 Å². The van der Waals surface area contributed by atoms with Crippen molar-refractivity contribution in [3.05, 3.63) is 83.6 Å². The number of amides is 4. The van der Waals surface area contributed by atoms with E-state index in [4.69, 9.17) is 38.6 Å². The van der Waals surface area contributed by atoms with Crippen LogP contribution in [0.25, 0.3) is 43.2 Å². The van der Waals surface area contributed by atoms with E-state index in [1.54, 1.807) is 62.3 Å². The van der Waals surface area contributed by atoms with E-state index < -0.39 is 94.3 Å². The number of aromatic nitrogens is 4. The van der Waals surface area contributed by atoms with Gasteiger partial charge < -0.3 is 54.7 Å². The Balaban J connectivity index is 0.000000415. The molecule has 0 aliphatic carbocycles. The van der Waals surface area contributed by atoms with Gasteiger partial charge in [-0.05, 0) is 99.5 Å². The number of fused-ring (bicyclic) bond motifs is 2. The zero-order chi connectivity index (χ0) is 57.8. The molecule has 2 fully saturated rings. The van der Waals surface area contributed by atoms with Gasteiger partial charge in [-0.2, -0.15) is 0 Å². The molecule has 2 saturated heterocycles. The standard InChI is InChI=1S/C29H36N4O6S.C28H34N4O6S.2CH4.Li.H2O/c1-28(2,3)23(32-27(36)39-29(4,5)6)25(34)33-16-17(15-20(33)26(35)37-7)38-24-22(21-13-10-14-40-21)30-18-11-8-9-12-19(18)31-24;1-27(2,3)22(31-26(36)38-28(4,5)6)24(33)32-15-16(14-19(32)25(34)35)37-23-21(20-12-9-13-39-20)29-17-10-7-8-11-18(17)30-23;;;;/h8-14,17,20,23H,15-16H2,1-7H3,(H,32,36);7-13,16,19,22H,14-15H2,1-6H3,(H,31,36)(H,34,35);2*1H4;;1H2/q;;;;+1;/p-1/t17-,20+,23-;16-,19+,22-;;;;/m11..../s1. The molecule has 24 heteroatoms. The number of methoxy groups -OCH3 is 1. The summed E-state index contributed by atoms with van der Waals surface area (Å²) in [4.78, 5) is 101. The second-order valence-electron chi connectivity index (χ2n) is 23.4. The van der Waals surface area contributed by atoms with Crippen LogP contribution in [0.1, 0.15) is 111 Å². The fourth-order valence-electron chi connectivity index (χ4n) is 8.92. The van der Waals surface area contributed by atoms with Crippen molar-refractivity contribution in [1.82, 2.24) is 40.4 Å². The number of aliphatic carboxylic acids is 1. The Kier molecular flexibility index (Phi) is 24.2. The van der Waals surface area contributed by atoms with Gasteiger partial charge >= 0.3 is 43.0 Å². The van der Waals surface area contributed by atoms with E-state index in [9.17, 15) is 33.9 Å². The van der Waals surface area contributed by atoms with Gasteiger partial charge in [-0.25, -0.2) is 39.1 Å². The number of esters is 1.